The van der Waals surface area contributed by atoms with Gasteiger partial charge < -0.3 is 4.42 Å². The van der Waals surface area contributed by atoms with Gasteiger partial charge in [-0.2, -0.15) is 0 Å². The number of furan rings is 1. The van der Waals surface area contributed by atoms with Gasteiger partial charge >= 0.3 is 5.88 Å². The van der Waals surface area contributed by atoms with Crippen LogP contribution in [0.25, 0.3) is 23.1 Å². The van der Waals surface area contributed by atoms with Crippen molar-refractivity contribution in [3.63, 3.8) is 0 Å². The zero-order chi connectivity index (χ0) is 21.1. The lowest BCUT2D eigenvalue weighted by molar-refractivity contribution is -0.402. The molecular weight excluding hydrogens is 497 g/mol. The van der Waals surface area contributed by atoms with E-state index >= 15 is 0 Å². The van der Waals surface area contributed by atoms with E-state index in [1.54, 1.807) is 16.7 Å². The second-order valence-corrected chi connectivity index (χ2v) is 7.84. The summed E-state index contributed by atoms with van der Waals surface area (Å²) in [5, 5.41) is 11.4. The second kappa shape index (κ2) is 8.62. The molecule has 0 aliphatic rings. The first-order chi connectivity index (χ1) is 14.5. The van der Waals surface area contributed by atoms with Crippen LogP contribution in [0.1, 0.15) is 17.1 Å². The molecule has 150 valence electrons. The Bertz CT molecular complexity index is 1310. The first-order valence-electron chi connectivity index (χ1n) is 9.17. The van der Waals surface area contributed by atoms with Gasteiger partial charge in [0.25, 0.3) is 5.56 Å². The fraction of sp³-hybridized carbons (Fsp3) is 0.0909. The fourth-order valence-corrected chi connectivity index (χ4v) is 3.62. The first-order valence-corrected chi connectivity index (χ1v) is 10.3. The molecule has 0 aliphatic carbocycles. The number of rotatable bonds is 6. The standard InChI is InChI=1S/C22H16IN3O4/c23-16-6-9-19-18(14-16)22(27)25(13-12-15-4-2-1-3-5-15)20(24-19)10-7-17-8-11-21(30-17)26(28)29/h1-11,14H,12-13H2/b10-7+. The van der Waals surface area contributed by atoms with Gasteiger partial charge in [0.2, 0.25) is 0 Å². The predicted octanol–water partition coefficient (Wildman–Crippen LogP) is 4.92. The van der Waals surface area contributed by atoms with Crippen molar-refractivity contribution < 1.29 is 9.34 Å². The molecule has 8 heteroatoms. The Kier molecular flexibility index (Phi) is 5.75. The van der Waals surface area contributed by atoms with E-state index in [0.29, 0.717) is 35.5 Å². The number of fused-ring (bicyclic) bond motifs is 1. The molecule has 0 bridgehead atoms. The van der Waals surface area contributed by atoms with E-state index in [9.17, 15) is 14.9 Å². The molecule has 4 rings (SSSR count). The summed E-state index contributed by atoms with van der Waals surface area (Å²) in [5.41, 5.74) is 1.59. The van der Waals surface area contributed by atoms with Gasteiger partial charge in [-0.15, -0.1) is 0 Å². The molecule has 0 unspecified atom stereocenters. The van der Waals surface area contributed by atoms with Gasteiger partial charge in [0.15, 0.2) is 0 Å². The maximum absolute atomic E-state index is 13.2. The summed E-state index contributed by atoms with van der Waals surface area (Å²) in [7, 11) is 0. The number of nitrogens with zero attached hydrogens (tertiary/aromatic N) is 3. The van der Waals surface area contributed by atoms with Gasteiger partial charge in [-0.25, -0.2) is 4.98 Å². The summed E-state index contributed by atoms with van der Waals surface area (Å²) < 4.78 is 7.75. The zero-order valence-corrected chi connectivity index (χ0v) is 17.9. The average molecular weight is 513 g/mol. The number of hydrogen-bond acceptors (Lipinski definition) is 5. The van der Waals surface area contributed by atoms with Crippen molar-refractivity contribution in [1.29, 1.82) is 0 Å². The van der Waals surface area contributed by atoms with Crippen LogP contribution >= 0.6 is 22.6 Å². The van der Waals surface area contributed by atoms with Gasteiger partial charge in [0.05, 0.1) is 17.0 Å². The van der Waals surface area contributed by atoms with Crippen LogP contribution in [0.4, 0.5) is 5.88 Å². The number of benzene rings is 2. The Hall–Kier alpha value is -3.27. The van der Waals surface area contributed by atoms with E-state index in [-0.39, 0.29) is 11.4 Å². The lowest BCUT2D eigenvalue weighted by Gasteiger charge is -2.11. The summed E-state index contributed by atoms with van der Waals surface area (Å²) in [6.45, 7) is 0.454. The molecule has 0 spiro atoms. The minimum atomic E-state index is -0.594. The Morgan fingerprint density at radius 1 is 1.10 bits per heavy atom. The maximum atomic E-state index is 13.2. The van der Waals surface area contributed by atoms with E-state index in [2.05, 4.69) is 27.6 Å². The smallest absolute Gasteiger partial charge is 0.401 e. The number of aromatic nitrogens is 2. The van der Waals surface area contributed by atoms with Gasteiger partial charge in [-0.3, -0.25) is 19.5 Å². The number of nitro groups is 1. The molecule has 0 radical (unpaired) electrons. The molecule has 0 saturated carbocycles. The van der Waals surface area contributed by atoms with E-state index in [4.69, 9.17) is 4.42 Å². The van der Waals surface area contributed by atoms with E-state index in [1.165, 1.54) is 12.1 Å². The monoisotopic (exact) mass is 513 g/mol. The van der Waals surface area contributed by atoms with Crippen molar-refractivity contribution in [3.8, 4) is 0 Å². The van der Waals surface area contributed by atoms with Gasteiger partial charge in [0.1, 0.15) is 16.5 Å². The summed E-state index contributed by atoms with van der Waals surface area (Å²) in [5.74, 6) is 0.439. The van der Waals surface area contributed by atoms with Crippen molar-refractivity contribution in [3.05, 3.63) is 102 Å². The van der Waals surface area contributed by atoms with Crippen LogP contribution < -0.4 is 5.56 Å². The topological polar surface area (TPSA) is 91.2 Å². The van der Waals surface area contributed by atoms with E-state index in [1.807, 2.05) is 48.5 Å². The van der Waals surface area contributed by atoms with Crippen molar-refractivity contribution in [1.82, 2.24) is 9.55 Å². The normalized spacial score (nSPS) is 11.4. The molecule has 0 fully saturated rings. The number of hydrogen-bond donors (Lipinski definition) is 0. The molecular formula is C22H16IN3O4. The third-order valence-corrected chi connectivity index (χ3v) is 5.27. The Morgan fingerprint density at radius 2 is 1.90 bits per heavy atom. The molecule has 0 atom stereocenters. The van der Waals surface area contributed by atoms with E-state index in [0.717, 1.165) is 9.13 Å². The summed E-state index contributed by atoms with van der Waals surface area (Å²) >= 11 is 2.17. The number of halogens is 1. The third-order valence-electron chi connectivity index (χ3n) is 4.60. The lowest BCUT2D eigenvalue weighted by atomic mass is 10.1. The summed E-state index contributed by atoms with van der Waals surface area (Å²) in [6, 6.07) is 18.2. The predicted molar refractivity (Wildman–Crippen MR) is 123 cm³/mol. The second-order valence-electron chi connectivity index (χ2n) is 6.59. The molecule has 0 N–H and O–H groups in total. The minimum Gasteiger partial charge on any atom is -0.401 e. The molecule has 0 amide bonds. The molecule has 0 saturated heterocycles. The lowest BCUT2D eigenvalue weighted by Crippen LogP contribution is -2.25. The van der Waals surface area contributed by atoms with E-state index < -0.39 is 4.92 Å². The largest absolute Gasteiger partial charge is 0.433 e. The highest BCUT2D eigenvalue weighted by molar-refractivity contribution is 14.1. The SMILES string of the molecule is O=c1c2cc(I)ccc2nc(/C=C/c2ccc([N+](=O)[O-])o2)n1CCc1ccccc1. The van der Waals surface area contributed by atoms with Crippen LogP contribution in [0.15, 0.2) is 69.9 Å². The third kappa shape index (κ3) is 4.33. The highest BCUT2D eigenvalue weighted by atomic mass is 127. The highest BCUT2D eigenvalue weighted by Crippen LogP contribution is 2.19. The van der Waals surface area contributed by atoms with Crippen LogP contribution in [0.3, 0.4) is 0 Å². The Morgan fingerprint density at radius 3 is 2.63 bits per heavy atom. The van der Waals surface area contributed by atoms with Crippen LogP contribution in [-0.4, -0.2) is 14.5 Å². The molecule has 2 aromatic heterocycles. The first kappa shape index (κ1) is 20.0. The Labute approximate surface area is 185 Å². The van der Waals surface area contributed by atoms with Gasteiger partial charge in [-0.1, -0.05) is 30.3 Å². The highest BCUT2D eigenvalue weighted by Gasteiger charge is 2.12. The van der Waals surface area contributed by atoms with Crippen LogP contribution in [0.5, 0.6) is 0 Å². The Balaban J connectivity index is 1.75. The van der Waals surface area contributed by atoms with Crippen molar-refractivity contribution >= 4 is 51.5 Å². The molecule has 2 aromatic carbocycles. The van der Waals surface area contributed by atoms with Crippen LogP contribution in [0, 0.1) is 13.7 Å². The fourth-order valence-electron chi connectivity index (χ4n) is 3.13. The average Bonchev–Trinajstić information content (AvgIpc) is 3.22. The molecule has 0 aliphatic heterocycles. The summed E-state index contributed by atoms with van der Waals surface area (Å²) in [6.07, 6.45) is 3.89. The minimum absolute atomic E-state index is 0.125. The van der Waals surface area contributed by atoms with Gasteiger partial charge in [0, 0.05) is 10.1 Å². The molecule has 2 heterocycles. The van der Waals surface area contributed by atoms with Crippen LogP contribution in [0.2, 0.25) is 0 Å². The van der Waals surface area contributed by atoms with Crippen molar-refractivity contribution in [2.75, 3.05) is 0 Å². The van der Waals surface area contributed by atoms with Crippen molar-refractivity contribution in [2.24, 2.45) is 0 Å². The number of aryl methyl sites for hydroxylation is 1. The van der Waals surface area contributed by atoms with Crippen LogP contribution in [-0.2, 0) is 13.0 Å². The molecule has 7 nitrogen and oxygen atoms in total. The van der Waals surface area contributed by atoms with Gasteiger partial charge in [-0.05, 0) is 71.0 Å². The molecule has 30 heavy (non-hydrogen) atoms. The quantitative estimate of drug-likeness (QED) is 0.208. The van der Waals surface area contributed by atoms with Crippen molar-refractivity contribution in [2.45, 2.75) is 13.0 Å². The zero-order valence-electron chi connectivity index (χ0n) is 15.7. The summed E-state index contributed by atoms with van der Waals surface area (Å²) in [4.78, 5) is 28.1. The maximum Gasteiger partial charge on any atom is 0.433 e. The molecule has 4 aromatic rings.